The van der Waals surface area contributed by atoms with Gasteiger partial charge in [0.2, 0.25) is 0 Å². The molecule has 2 aromatic carbocycles. The van der Waals surface area contributed by atoms with Gasteiger partial charge in [-0.15, -0.1) is 0 Å². The first kappa shape index (κ1) is 23.6. The summed E-state index contributed by atoms with van der Waals surface area (Å²) in [5.41, 5.74) is 0.285. The summed E-state index contributed by atoms with van der Waals surface area (Å²) in [4.78, 5) is 13.1. The number of halogens is 3. The van der Waals surface area contributed by atoms with E-state index in [1.54, 1.807) is 23.1 Å². The van der Waals surface area contributed by atoms with Crippen LogP contribution in [0.5, 0.6) is 0 Å². The average Bonchev–Trinajstić information content (AvgIpc) is 2.72. The zero-order valence-electron chi connectivity index (χ0n) is 18.5. The minimum Gasteiger partial charge on any atom is -0.466 e. The molecule has 0 aliphatic carbocycles. The molecular formula is C25H25F3N2O2. The Hall–Kier alpha value is -3.11. The summed E-state index contributed by atoms with van der Waals surface area (Å²) >= 11 is 0. The standard InChI is InChI=1S/C25H25F3N2O2/c1-15-9-18-10-17(13-29)5-7-19(18)24(30(15)14-25(2,3)28)23-20(26)11-16(12-21(23)27)6-8-22(31)32-4/h5-8,10-12,15,24H,9,14H2,1-4H3/b8-6+. The molecule has 4 nitrogen and oxygen atoms in total. The fourth-order valence-corrected chi connectivity index (χ4v) is 4.18. The van der Waals surface area contributed by atoms with Crippen molar-refractivity contribution in [2.24, 2.45) is 0 Å². The van der Waals surface area contributed by atoms with E-state index < -0.39 is 29.3 Å². The number of methoxy groups -OCH3 is 1. The highest BCUT2D eigenvalue weighted by Gasteiger charge is 2.39. The molecule has 0 radical (unpaired) electrons. The topological polar surface area (TPSA) is 53.3 Å². The molecule has 0 spiro atoms. The number of nitriles is 1. The van der Waals surface area contributed by atoms with Gasteiger partial charge in [-0.3, -0.25) is 4.90 Å². The molecule has 168 valence electrons. The normalized spacial score (nSPS) is 18.9. The van der Waals surface area contributed by atoms with Crippen molar-refractivity contribution >= 4 is 12.0 Å². The lowest BCUT2D eigenvalue weighted by molar-refractivity contribution is -0.134. The van der Waals surface area contributed by atoms with E-state index in [0.717, 1.165) is 23.8 Å². The van der Waals surface area contributed by atoms with Crippen molar-refractivity contribution in [1.29, 1.82) is 5.26 Å². The second-order valence-corrected chi connectivity index (χ2v) is 8.63. The van der Waals surface area contributed by atoms with Crippen molar-refractivity contribution in [3.63, 3.8) is 0 Å². The van der Waals surface area contributed by atoms with Gasteiger partial charge in [-0.25, -0.2) is 18.0 Å². The van der Waals surface area contributed by atoms with Crippen LogP contribution in [0.1, 0.15) is 54.6 Å². The molecule has 0 saturated carbocycles. The molecule has 0 aromatic heterocycles. The molecule has 1 aliphatic heterocycles. The van der Waals surface area contributed by atoms with E-state index in [1.807, 2.05) is 6.92 Å². The molecular weight excluding hydrogens is 417 g/mol. The van der Waals surface area contributed by atoms with Gasteiger partial charge in [0.1, 0.15) is 17.3 Å². The first-order chi connectivity index (χ1) is 15.0. The summed E-state index contributed by atoms with van der Waals surface area (Å²) in [7, 11) is 1.21. The zero-order chi connectivity index (χ0) is 23.6. The lowest BCUT2D eigenvalue weighted by atomic mass is 9.83. The molecule has 32 heavy (non-hydrogen) atoms. The summed E-state index contributed by atoms with van der Waals surface area (Å²) in [5.74, 6) is -2.24. The Bertz CT molecular complexity index is 1080. The summed E-state index contributed by atoms with van der Waals surface area (Å²) in [6, 6.07) is 8.29. The quantitative estimate of drug-likeness (QED) is 0.477. The Labute approximate surface area is 185 Å². The highest BCUT2D eigenvalue weighted by Crippen LogP contribution is 2.41. The van der Waals surface area contributed by atoms with E-state index in [1.165, 1.54) is 27.0 Å². The van der Waals surface area contributed by atoms with Crippen LogP contribution in [0.4, 0.5) is 13.2 Å². The maximum Gasteiger partial charge on any atom is 0.330 e. The molecule has 7 heteroatoms. The van der Waals surface area contributed by atoms with Crippen molar-refractivity contribution in [2.45, 2.75) is 44.9 Å². The second kappa shape index (κ2) is 9.17. The molecule has 0 fully saturated rings. The largest absolute Gasteiger partial charge is 0.466 e. The molecule has 0 bridgehead atoms. The third-order valence-corrected chi connectivity index (χ3v) is 5.53. The van der Waals surface area contributed by atoms with Crippen molar-refractivity contribution < 1.29 is 22.7 Å². The lowest BCUT2D eigenvalue weighted by Crippen LogP contribution is -2.48. The monoisotopic (exact) mass is 442 g/mol. The Morgan fingerprint density at radius 2 is 1.94 bits per heavy atom. The summed E-state index contributed by atoms with van der Waals surface area (Å²) in [6.45, 7) is 4.71. The van der Waals surface area contributed by atoms with Crippen LogP contribution in [0.15, 0.2) is 36.4 Å². The first-order valence-electron chi connectivity index (χ1n) is 10.3. The maximum atomic E-state index is 15.3. The minimum atomic E-state index is -1.59. The van der Waals surface area contributed by atoms with Crippen LogP contribution in [0, 0.1) is 23.0 Å². The number of alkyl halides is 1. The van der Waals surface area contributed by atoms with Crippen molar-refractivity contribution in [3.8, 4) is 6.07 Å². The fraction of sp³-hybridized carbons (Fsp3) is 0.360. The van der Waals surface area contributed by atoms with Crippen molar-refractivity contribution in [3.05, 3.63) is 75.9 Å². The van der Waals surface area contributed by atoms with E-state index in [-0.39, 0.29) is 23.7 Å². The van der Waals surface area contributed by atoms with Crippen molar-refractivity contribution in [1.82, 2.24) is 4.90 Å². The molecule has 0 amide bonds. The van der Waals surface area contributed by atoms with Crippen molar-refractivity contribution in [2.75, 3.05) is 13.7 Å². The van der Waals surface area contributed by atoms with Gasteiger partial charge < -0.3 is 4.74 Å². The predicted molar refractivity (Wildman–Crippen MR) is 115 cm³/mol. The molecule has 2 atom stereocenters. The average molecular weight is 442 g/mol. The van der Waals surface area contributed by atoms with Gasteiger partial charge in [-0.2, -0.15) is 5.26 Å². The smallest absolute Gasteiger partial charge is 0.330 e. The van der Waals surface area contributed by atoms with E-state index in [4.69, 9.17) is 0 Å². The van der Waals surface area contributed by atoms with Gasteiger partial charge >= 0.3 is 5.97 Å². The number of nitrogens with zero attached hydrogens (tertiary/aromatic N) is 2. The maximum absolute atomic E-state index is 15.3. The van der Waals surface area contributed by atoms with Crippen LogP contribution < -0.4 is 0 Å². The number of rotatable bonds is 5. The highest BCUT2D eigenvalue weighted by molar-refractivity contribution is 5.86. The summed E-state index contributed by atoms with van der Waals surface area (Å²) in [5, 5.41) is 9.25. The third kappa shape index (κ3) is 5.03. The molecule has 0 N–H and O–H groups in total. The number of ether oxygens (including phenoxy) is 1. The van der Waals surface area contributed by atoms with E-state index in [2.05, 4.69) is 10.8 Å². The van der Waals surface area contributed by atoms with Crippen LogP contribution in [-0.2, 0) is 16.0 Å². The Kier molecular flexibility index (Phi) is 6.75. The van der Waals surface area contributed by atoms with Crippen LogP contribution >= 0.6 is 0 Å². The van der Waals surface area contributed by atoms with Gasteiger partial charge in [0.15, 0.2) is 0 Å². The Morgan fingerprint density at radius 3 is 2.50 bits per heavy atom. The van der Waals surface area contributed by atoms with Gasteiger partial charge in [0.25, 0.3) is 0 Å². The Morgan fingerprint density at radius 1 is 1.28 bits per heavy atom. The number of fused-ring (bicyclic) bond motifs is 1. The molecule has 3 rings (SSSR count). The fourth-order valence-electron chi connectivity index (χ4n) is 4.18. The Balaban J connectivity index is 2.16. The van der Waals surface area contributed by atoms with Gasteiger partial charge in [-0.05, 0) is 74.2 Å². The molecule has 2 aromatic rings. The number of carbonyl (C=O) groups excluding carboxylic acids is 1. The lowest BCUT2D eigenvalue weighted by Gasteiger charge is -2.44. The SMILES string of the molecule is COC(=O)/C=C/c1cc(F)c(C2c3ccc(C#N)cc3CC(C)N2CC(C)(C)F)c(F)c1. The van der Waals surface area contributed by atoms with Gasteiger partial charge in [0.05, 0.1) is 24.8 Å². The predicted octanol–water partition coefficient (Wildman–Crippen LogP) is 5.11. The van der Waals surface area contributed by atoms with Crippen LogP contribution in [-0.4, -0.2) is 36.2 Å². The number of esters is 1. The van der Waals surface area contributed by atoms with E-state index in [9.17, 15) is 14.4 Å². The molecule has 1 heterocycles. The van der Waals surface area contributed by atoms with Crippen LogP contribution in [0.25, 0.3) is 6.08 Å². The van der Waals surface area contributed by atoms with Crippen LogP contribution in [0.2, 0.25) is 0 Å². The number of benzene rings is 2. The zero-order valence-corrected chi connectivity index (χ0v) is 18.5. The summed E-state index contributed by atoms with van der Waals surface area (Å²) < 4.78 is 49.8. The number of hydrogen-bond acceptors (Lipinski definition) is 4. The number of carbonyl (C=O) groups is 1. The first-order valence-corrected chi connectivity index (χ1v) is 10.3. The van der Waals surface area contributed by atoms with Gasteiger partial charge in [-0.1, -0.05) is 6.07 Å². The summed E-state index contributed by atoms with van der Waals surface area (Å²) in [6.07, 6.45) is 2.87. The van der Waals surface area contributed by atoms with Crippen LogP contribution in [0.3, 0.4) is 0 Å². The molecule has 0 saturated heterocycles. The third-order valence-electron chi connectivity index (χ3n) is 5.53. The van der Waals surface area contributed by atoms with Gasteiger partial charge in [0, 0.05) is 24.2 Å². The highest BCUT2D eigenvalue weighted by atomic mass is 19.1. The van der Waals surface area contributed by atoms with E-state index in [0.29, 0.717) is 17.5 Å². The molecule has 1 aliphatic rings. The second-order valence-electron chi connectivity index (χ2n) is 8.63. The minimum absolute atomic E-state index is 0.0266. The molecule has 2 unspecified atom stereocenters. The number of hydrogen-bond donors (Lipinski definition) is 0. The van der Waals surface area contributed by atoms with E-state index >= 15 is 8.78 Å².